The van der Waals surface area contributed by atoms with Crippen LogP contribution in [0.4, 0.5) is 13.2 Å². The smallest absolute Gasteiger partial charge is 0.601 e. The van der Waals surface area contributed by atoms with Crippen molar-refractivity contribution in [2.24, 2.45) is 0 Å². The average Bonchev–Trinajstić information content (AvgIpc) is 2.87. The van der Waals surface area contributed by atoms with E-state index in [0.29, 0.717) is 20.5 Å². The van der Waals surface area contributed by atoms with E-state index in [-0.39, 0.29) is 12.4 Å². The average molecular weight is 357 g/mol. The van der Waals surface area contributed by atoms with Gasteiger partial charge >= 0.3 is 5.51 Å². The highest BCUT2D eigenvalue weighted by Crippen LogP contribution is 2.54. The monoisotopic (exact) mass is 356 g/mol. The predicted molar refractivity (Wildman–Crippen MR) is 87.2 cm³/mol. The molecule has 3 aromatic rings. The molecule has 0 saturated carbocycles. The summed E-state index contributed by atoms with van der Waals surface area (Å²) in [4.78, 5) is 0.372. The topological polar surface area (TPSA) is 0 Å². The minimum Gasteiger partial charge on any atom is -1.00 e. The molecule has 1 heterocycles. The molecule has 0 fully saturated rings. The molecule has 122 valence electrons. The molecule has 5 heteroatoms. The maximum Gasteiger partial charge on any atom is 0.601 e. The normalized spacial score (nSPS) is 12.3. The van der Waals surface area contributed by atoms with E-state index in [1.807, 2.05) is 25.1 Å². The zero-order valence-electron chi connectivity index (χ0n) is 12.5. The largest absolute Gasteiger partial charge is 1.00 e. The molecule has 0 saturated heterocycles. The van der Waals surface area contributed by atoms with Crippen molar-refractivity contribution in [1.82, 2.24) is 0 Å². The van der Waals surface area contributed by atoms with Crippen molar-refractivity contribution < 1.29 is 25.6 Å². The summed E-state index contributed by atoms with van der Waals surface area (Å²) in [7, 11) is -1.86. The van der Waals surface area contributed by atoms with Crippen LogP contribution in [0, 0.1) is 0 Å². The summed E-state index contributed by atoms with van der Waals surface area (Å²) in [5.41, 5.74) is -2.63. The predicted octanol–water partition coefficient (Wildman–Crippen LogP) is 3.69. The minimum atomic E-state index is -4.25. The molecule has 0 amide bonds. The van der Waals surface area contributed by atoms with Gasteiger partial charge in [0.2, 0.25) is 0 Å². The number of benzene rings is 2. The quantitative estimate of drug-likeness (QED) is 0.628. The summed E-state index contributed by atoms with van der Waals surface area (Å²) in [6.45, 7) is 2.03. The first-order valence-corrected chi connectivity index (χ1v) is 8.44. The number of thiophene rings is 1. The summed E-state index contributed by atoms with van der Waals surface area (Å²) in [5.74, 6) is 0. The highest BCUT2D eigenvalue weighted by atomic mass is 35.5. The standard InChI is InChI=1S/C18H16F3S.ClH/c1-2-6-13-9-10-15-12-17(14-7-4-3-5-8-14)22(16(15)11-13)18(19,20)21;/h3-5,7-12H,2,6H2,1H3;1H/q+1;/p-1. The van der Waals surface area contributed by atoms with Gasteiger partial charge < -0.3 is 12.4 Å². The van der Waals surface area contributed by atoms with Crippen molar-refractivity contribution in [2.45, 2.75) is 25.3 Å². The maximum absolute atomic E-state index is 13.7. The van der Waals surface area contributed by atoms with E-state index < -0.39 is 16.0 Å². The van der Waals surface area contributed by atoms with E-state index in [1.54, 1.807) is 36.4 Å². The second-order valence-corrected chi connectivity index (χ2v) is 7.20. The highest BCUT2D eigenvalue weighted by Gasteiger charge is 2.48. The molecular weight excluding hydrogens is 341 g/mol. The SMILES string of the molecule is CCCc1ccc2cc(-c3ccccc3)[s+](C(F)(F)F)c2c1.[Cl-]. The number of aryl methyl sites for hydroxylation is 1. The van der Waals surface area contributed by atoms with E-state index in [4.69, 9.17) is 0 Å². The van der Waals surface area contributed by atoms with Gasteiger partial charge in [0.15, 0.2) is 9.58 Å². The lowest BCUT2D eigenvalue weighted by atomic mass is 10.1. The lowest BCUT2D eigenvalue weighted by molar-refractivity contribution is -0.0864. The molecule has 2 aromatic carbocycles. The third kappa shape index (κ3) is 3.54. The third-order valence-corrected chi connectivity index (χ3v) is 5.68. The van der Waals surface area contributed by atoms with Gasteiger partial charge in [0, 0.05) is 23.1 Å². The molecule has 0 N–H and O–H groups in total. The van der Waals surface area contributed by atoms with Crippen molar-refractivity contribution in [2.75, 3.05) is 0 Å². The number of rotatable bonds is 3. The summed E-state index contributed by atoms with van der Waals surface area (Å²) in [5, 5.41) is 0.694. The van der Waals surface area contributed by atoms with Gasteiger partial charge in [0.05, 0.1) is 0 Å². The van der Waals surface area contributed by atoms with Crippen molar-refractivity contribution in [3.05, 3.63) is 60.2 Å². The molecule has 1 atom stereocenters. The molecule has 1 unspecified atom stereocenters. The molecule has 0 aliphatic heterocycles. The van der Waals surface area contributed by atoms with Crippen molar-refractivity contribution in [3.8, 4) is 10.4 Å². The van der Waals surface area contributed by atoms with Gasteiger partial charge in [-0.05, 0) is 30.2 Å². The van der Waals surface area contributed by atoms with Crippen LogP contribution in [0.15, 0.2) is 54.6 Å². The molecule has 0 bridgehead atoms. The Morgan fingerprint density at radius 3 is 2.26 bits per heavy atom. The second-order valence-electron chi connectivity index (χ2n) is 5.25. The zero-order chi connectivity index (χ0) is 15.7. The third-order valence-electron chi connectivity index (χ3n) is 3.63. The van der Waals surface area contributed by atoms with Gasteiger partial charge in [-0.1, -0.05) is 37.6 Å². The number of fused-ring (bicyclic) bond motifs is 1. The van der Waals surface area contributed by atoms with Crippen molar-refractivity contribution in [3.63, 3.8) is 0 Å². The Hall–Kier alpha value is -1.52. The molecular formula is C18H16ClF3S. The molecule has 23 heavy (non-hydrogen) atoms. The Kier molecular flexibility index (Phi) is 5.37. The van der Waals surface area contributed by atoms with Gasteiger partial charge in [0.1, 0.15) is 10.5 Å². The Morgan fingerprint density at radius 2 is 1.65 bits per heavy atom. The molecule has 0 spiro atoms. The second kappa shape index (κ2) is 6.93. The summed E-state index contributed by atoms with van der Waals surface area (Å²) in [6.07, 6.45) is 1.74. The number of hydrogen-bond acceptors (Lipinski definition) is 0. The van der Waals surface area contributed by atoms with E-state index in [0.717, 1.165) is 18.4 Å². The van der Waals surface area contributed by atoms with Crippen LogP contribution in [0.5, 0.6) is 0 Å². The van der Waals surface area contributed by atoms with Crippen LogP contribution in [0.3, 0.4) is 0 Å². The van der Waals surface area contributed by atoms with Gasteiger partial charge in [-0.15, -0.1) is 13.2 Å². The fourth-order valence-corrected chi connectivity index (χ4v) is 4.67. The first-order chi connectivity index (χ1) is 10.5. The Balaban J connectivity index is 0.00000192. The fourth-order valence-electron chi connectivity index (χ4n) is 2.69. The maximum atomic E-state index is 13.7. The first kappa shape index (κ1) is 17.8. The van der Waals surface area contributed by atoms with Crippen LogP contribution in [0.25, 0.3) is 20.5 Å². The van der Waals surface area contributed by atoms with Crippen LogP contribution < -0.4 is 12.4 Å². The van der Waals surface area contributed by atoms with Crippen LogP contribution in [-0.2, 0) is 11.9 Å². The first-order valence-electron chi connectivity index (χ1n) is 7.22. The molecule has 1 aromatic heterocycles. The summed E-state index contributed by atoms with van der Waals surface area (Å²) < 4.78 is 41.4. The summed E-state index contributed by atoms with van der Waals surface area (Å²) >= 11 is 0. The van der Waals surface area contributed by atoms with Gasteiger partial charge in [-0.2, -0.15) is 0 Å². The van der Waals surface area contributed by atoms with Gasteiger partial charge in [-0.3, -0.25) is 0 Å². The lowest BCUT2D eigenvalue weighted by Crippen LogP contribution is -3.00. The Bertz CT molecular complexity index is 791. The zero-order valence-corrected chi connectivity index (χ0v) is 14.1. The molecule has 0 aliphatic carbocycles. The minimum absolute atomic E-state index is 0. The van der Waals surface area contributed by atoms with Crippen molar-refractivity contribution >= 4 is 20.6 Å². The Morgan fingerprint density at radius 1 is 0.957 bits per heavy atom. The molecule has 0 nitrogen and oxygen atoms in total. The van der Waals surface area contributed by atoms with Gasteiger partial charge in [0.25, 0.3) is 0 Å². The van der Waals surface area contributed by atoms with E-state index in [9.17, 15) is 13.2 Å². The van der Waals surface area contributed by atoms with E-state index in [1.165, 1.54) is 0 Å². The number of halogens is 4. The van der Waals surface area contributed by atoms with Crippen molar-refractivity contribution in [1.29, 1.82) is 0 Å². The van der Waals surface area contributed by atoms with Crippen LogP contribution in [0.1, 0.15) is 18.9 Å². The van der Waals surface area contributed by atoms with Crippen LogP contribution in [-0.4, -0.2) is 0 Å². The highest BCUT2D eigenvalue weighted by molar-refractivity contribution is 7.41. The fraction of sp³-hybridized carbons (Fsp3) is 0.222. The van der Waals surface area contributed by atoms with Gasteiger partial charge in [-0.25, -0.2) is 0 Å². The number of hydrogen-bond donors (Lipinski definition) is 0. The van der Waals surface area contributed by atoms with Crippen LogP contribution >= 0.6 is 10.5 Å². The number of alkyl halides is 3. The summed E-state index contributed by atoms with van der Waals surface area (Å²) in [6, 6.07) is 16.1. The Labute approximate surface area is 142 Å². The lowest BCUT2D eigenvalue weighted by Gasteiger charge is -2.01. The van der Waals surface area contributed by atoms with E-state index in [2.05, 4.69) is 0 Å². The van der Waals surface area contributed by atoms with E-state index >= 15 is 0 Å². The molecule has 3 rings (SSSR count). The van der Waals surface area contributed by atoms with Crippen LogP contribution in [0.2, 0.25) is 0 Å². The molecule has 0 aliphatic rings. The molecule has 0 radical (unpaired) electrons.